The Hall–Kier alpha value is -1.37. The number of likely N-dealkylation sites (tertiary alicyclic amines) is 1. The minimum Gasteiger partial charge on any atom is -0.503 e. The summed E-state index contributed by atoms with van der Waals surface area (Å²) in [4.78, 5) is 14.2. The van der Waals surface area contributed by atoms with Crippen molar-refractivity contribution in [3.63, 3.8) is 0 Å². The maximum absolute atomic E-state index is 12.0. The van der Waals surface area contributed by atoms with Crippen molar-refractivity contribution in [3.8, 4) is 5.75 Å². The number of aromatic hydroxyl groups is 1. The van der Waals surface area contributed by atoms with E-state index < -0.39 is 5.43 Å². The highest BCUT2D eigenvalue weighted by molar-refractivity contribution is 5.30. The standard InChI is InChI=1S/C16H24N2O4/c19-11-12-8-15(20)16(21)14(10-17-5-1-2-6-17)18(12)9-13-4-3-7-22-13/h8,13,19,21H,1-7,9-11H2. The predicted molar refractivity (Wildman–Crippen MR) is 81.8 cm³/mol. The minimum atomic E-state index is -0.415. The molecule has 2 aliphatic heterocycles. The third kappa shape index (κ3) is 3.19. The van der Waals surface area contributed by atoms with Crippen LogP contribution >= 0.6 is 0 Å². The lowest BCUT2D eigenvalue weighted by Crippen LogP contribution is -2.28. The van der Waals surface area contributed by atoms with Gasteiger partial charge in [-0.3, -0.25) is 9.69 Å². The molecule has 1 aromatic rings. The fraction of sp³-hybridized carbons (Fsp3) is 0.688. The molecular weight excluding hydrogens is 284 g/mol. The van der Waals surface area contributed by atoms with E-state index in [2.05, 4.69) is 4.90 Å². The van der Waals surface area contributed by atoms with Crippen molar-refractivity contribution >= 4 is 0 Å². The second-order valence-corrected chi connectivity index (χ2v) is 6.18. The Balaban J connectivity index is 1.94. The zero-order valence-electron chi connectivity index (χ0n) is 12.8. The average Bonchev–Trinajstić information content (AvgIpc) is 3.19. The number of nitrogens with zero attached hydrogens (tertiary/aromatic N) is 2. The Bertz CT molecular complexity index is 572. The molecule has 0 aromatic carbocycles. The van der Waals surface area contributed by atoms with Gasteiger partial charge in [0, 0.05) is 31.5 Å². The van der Waals surface area contributed by atoms with Crippen molar-refractivity contribution < 1.29 is 14.9 Å². The molecule has 1 aromatic heterocycles. The molecule has 22 heavy (non-hydrogen) atoms. The molecule has 0 radical (unpaired) electrons. The molecule has 1 atom stereocenters. The van der Waals surface area contributed by atoms with E-state index in [1.54, 1.807) is 0 Å². The smallest absolute Gasteiger partial charge is 0.223 e. The average molecular weight is 308 g/mol. The molecule has 0 saturated carbocycles. The van der Waals surface area contributed by atoms with Crippen LogP contribution in [0.1, 0.15) is 37.1 Å². The Morgan fingerprint density at radius 2 is 2.05 bits per heavy atom. The molecule has 0 spiro atoms. The Morgan fingerprint density at radius 3 is 2.68 bits per heavy atom. The van der Waals surface area contributed by atoms with Gasteiger partial charge in [0.05, 0.1) is 18.4 Å². The van der Waals surface area contributed by atoms with Gasteiger partial charge in [0.1, 0.15) is 0 Å². The van der Waals surface area contributed by atoms with Crippen LogP contribution in [-0.2, 0) is 24.4 Å². The second-order valence-electron chi connectivity index (χ2n) is 6.18. The maximum Gasteiger partial charge on any atom is 0.223 e. The van der Waals surface area contributed by atoms with Crippen LogP contribution in [0.25, 0.3) is 0 Å². The number of aromatic nitrogens is 1. The fourth-order valence-corrected chi connectivity index (χ4v) is 3.40. The molecule has 3 rings (SSSR count). The lowest BCUT2D eigenvalue weighted by Gasteiger charge is -2.24. The summed E-state index contributed by atoms with van der Waals surface area (Å²) in [7, 11) is 0. The summed E-state index contributed by atoms with van der Waals surface area (Å²) >= 11 is 0. The van der Waals surface area contributed by atoms with E-state index in [1.807, 2.05) is 4.57 Å². The van der Waals surface area contributed by atoms with Crippen LogP contribution in [0.4, 0.5) is 0 Å². The molecule has 6 nitrogen and oxygen atoms in total. The van der Waals surface area contributed by atoms with E-state index in [1.165, 1.54) is 6.07 Å². The summed E-state index contributed by atoms with van der Waals surface area (Å²) in [6.45, 7) is 3.63. The van der Waals surface area contributed by atoms with Crippen LogP contribution in [0.15, 0.2) is 10.9 Å². The van der Waals surface area contributed by atoms with E-state index in [-0.39, 0.29) is 18.5 Å². The van der Waals surface area contributed by atoms with Crippen molar-refractivity contribution in [1.29, 1.82) is 0 Å². The fourth-order valence-electron chi connectivity index (χ4n) is 3.40. The molecule has 0 amide bonds. The zero-order chi connectivity index (χ0) is 15.5. The summed E-state index contributed by atoms with van der Waals surface area (Å²) in [5.74, 6) is -0.193. The molecular formula is C16H24N2O4. The van der Waals surface area contributed by atoms with Gasteiger partial charge in [0.25, 0.3) is 0 Å². The third-order valence-electron chi connectivity index (χ3n) is 4.62. The summed E-state index contributed by atoms with van der Waals surface area (Å²) in [6.07, 6.45) is 4.39. The predicted octanol–water partition coefficient (Wildman–Crippen LogP) is 0.821. The van der Waals surface area contributed by atoms with E-state index in [0.717, 1.165) is 45.4 Å². The number of aliphatic hydroxyl groups is 1. The summed E-state index contributed by atoms with van der Waals surface area (Å²) in [5, 5.41) is 19.8. The normalized spacial score (nSPS) is 22.5. The van der Waals surface area contributed by atoms with Crippen molar-refractivity contribution in [2.75, 3.05) is 19.7 Å². The molecule has 3 heterocycles. The van der Waals surface area contributed by atoms with Crippen LogP contribution in [0, 0.1) is 0 Å². The van der Waals surface area contributed by atoms with Gasteiger partial charge in [-0.1, -0.05) is 0 Å². The number of ether oxygens (including phenoxy) is 1. The maximum atomic E-state index is 12.0. The first-order valence-electron chi connectivity index (χ1n) is 8.08. The molecule has 2 aliphatic rings. The van der Waals surface area contributed by atoms with E-state index in [0.29, 0.717) is 24.5 Å². The van der Waals surface area contributed by atoms with E-state index in [4.69, 9.17) is 4.74 Å². The molecule has 0 bridgehead atoms. The summed E-state index contributed by atoms with van der Waals surface area (Å²) in [6, 6.07) is 1.33. The molecule has 2 fully saturated rings. The number of rotatable bonds is 5. The molecule has 6 heteroatoms. The minimum absolute atomic E-state index is 0.0875. The van der Waals surface area contributed by atoms with Crippen LogP contribution in [0.2, 0.25) is 0 Å². The highest BCUT2D eigenvalue weighted by atomic mass is 16.5. The first-order chi connectivity index (χ1) is 10.7. The third-order valence-corrected chi connectivity index (χ3v) is 4.62. The van der Waals surface area contributed by atoms with Crippen LogP contribution in [-0.4, -0.2) is 45.5 Å². The Morgan fingerprint density at radius 1 is 1.27 bits per heavy atom. The highest BCUT2D eigenvalue weighted by Gasteiger charge is 2.23. The first kappa shape index (κ1) is 15.5. The highest BCUT2D eigenvalue weighted by Crippen LogP contribution is 2.23. The van der Waals surface area contributed by atoms with E-state index >= 15 is 0 Å². The van der Waals surface area contributed by atoms with Gasteiger partial charge >= 0.3 is 0 Å². The first-order valence-corrected chi connectivity index (χ1v) is 8.08. The van der Waals surface area contributed by atoms with E-state index in [9.17, 15) is 15.0 Å². The van der Waals surface area contributed by atoms with Crippen LogP contribution in [0.5, 0.6) is 5.75 Å². The number of hydrogen-bond donors (Lipinski definition) is 2. The quantitative estimate of drug-likeness (QED) is 0.842. The van der Waals surface area contributed by atoms with Crippen LogP contribution in [0.3, 0.4) is 0 Å². The van der Waals surface area contributed by atoms with Crippen molar-refractivity contribution in [2.24, 2.45) is 0 Å². The topological polar surface area (TPSA) is 74.9 Å². The Labute approximate surface area is 129 Å². The van der Waals surface area contributed by atoms with Crippen molar-refractivity contribution in [3.05, 3.63) is 27.7 Å². The monoisotopic (exact) mass is 308 g/mol. The molecule has 2 saturated heterocycles. The van der Waals surface area contributed by atoms with Crippen molar-refractivity contribution in [1.82, 2.24) is 9.47 Å². The van der Waals surface area contributed by atoms with Gasteiger partial charge in [-0.25, -0.2) is 0 Å². The summed E-state index contributed by atoms with van der Waals surface area (Å²) in [5.41, 5.74) is 0.739. The van der Waals surface area contributed by atoms with Gasteiger partial charge in [-0.05, 0) is 38.8 Å². The second kappa shape index (κ2) is 6.81. The SMILES string of the molecule is O=c1cc(CO)n(CC2CCCO2)c(CN2CCCC2)c1O. The molecule has 1 unspecified atom stereocenters. The Kier molecular flexibility index (Phi) is 4.81. The largest absolute Gasteiger partial charge is 0.503 e. The van der Waals surface area contributed by atoms with Gasteiger partial charge in [-0.15, -0.1) is 0 Å². The number of aliphatic hydroxyl groups excluding tert-OH is 1. The lowest BCUT2D eigenvalue weighted by atomic mass is 10.2. The molecule has 2 N–H and O–H groups in total. The van der Waals surface area contributed by atoms with Gasteiger partial charge in [0.2, 0.25) is 5.43 Å². The van der Waals surface area contributed by atoms with Crippen LogP contribution < -0.4 is 5.43 Å². The van der Waals surface area contributed by atoms with Gasteiger partial charge in [-0.2, -0.15) is 0 Å². The summed E-state index contributed by atoms with van der Waals surface area (Å²) < 4.78 is 7.56. The molecule has 122 valence electrons. The van der Waals surface area contributed by atoms with Gasteiger partial charge in [0.15, 0.2) is 5.75 Å². The number of hydrogen-bond acceptors (Lipinski definition) is 5. The zero-order valence-corrected chi connectivity index (χ0v) is 12.8. The van der Waals surface area contributed by atoms with Gasteiger partial charge < -0.3 is 19.5 Å². The molecule has 0 aliphatic carbocycles. The van der Waals surface area contributed by atoms with Crippen molar-refractivity contribution in [2.45, 2.75) is 51.5 Å². The number of pyridine rings is 1. The lowest BCUT2D eigenvalue weighted by molar-refractivity contribution is 0.0931.